The molecular weight excluding hydrogens is 336 g/mol. The lowest BCUT2D eigenvalue weighted by Gasteiger charge is -2.44. The van der Waals surface area contributed by atoms with Crippen molar-refractivity contribution in [3.63, 3.8) is 0 Å². The maximum absolute atomic E-state index is 12.1. The van der Waals surface area contributed by atoms with Crippen LogP contribution in [0.15, 0.2) is 48.7 Å². The zero-order chi connectivity index (χ0) is 18.7. The van der Waals surface area contributed by atoms with Gasteiger partial charge in [-0.1, -0.05) is 30.3 Å². The monoisotopic (exact) mass is 356 g/mol. The second-order valence-electron chi connectivity index (χ2n) is 6.56. The standard InChI is InChI=1S/C19H20N2O5/c22-15-8-9-21(16-7-6-14(11-20-16)17(23)24)12-19(15,18(25)26)10-13-4-2-1-3-5-13/h1-7,11,15,22H,8-10,12H2,(H,23,24)(H,25,26)/t15-,19-/m1/s1. The Hall–Kier alpha value is -2.93. The van der Waals surface area contributed by atoms with Gasteiger partial charge in [-0.15, -0.1) is 0 Å². The van der Waals surface area contributed by atoms with E-state index < -0.39 is 23.5 Å². The van der Waals surface area contributed by atoms with Gasteiger partial charge >= 0.3 is 11.9 Å². The molecule has 2 heterocycles. The number of hydrogen-bond donors (Lipinski definition) is 3. The van der Waals surface area contributed by atoms with Crippen molar-refractivity contribution in [2.45, 2.75) is 18.9 Å². The molecule has 7 nitrogen and oxygen atoms in total. The van der Waals surface area contributed by atoms with E-state index in [4.69, 9.17) is 5.11 Å². The third-order valence-electron chi connectivity index (χ3n) is 4.89. The van der Waals surface area contributed by atoms with Gasteiger partial charge in [0.05, 0.1) is 11.7 Å². The summed E-state index contributed by atoms with van der Waals surface area (Å²) in [6.07, 6.45) is 0.771. The number of benzene rings is 1. The molecule has 0 spiro atoms. The van der Waals surface area contributed by atoms with E-state index >= 15 is 0 Å². The number of aliphatic carboxylic acids is 1. The van der Waals surface area contributed by atoms with E-state index in [-0.39, 0.29) is 18.5 Å². The molecule has 3 N–H and O–H groups in total. The second-order valence-corrected chi connectivity index (χ2v) is 6.56. The summed E-state index contributed by atoms with van der Waals surface area (Å²) in [7, 11) is 0. The van der Waals surface area contributed by atoms with Crippen LogP contribution < -0.4 is 4.90 Å². The van der Waals surface area contributed by atoms with Crippen molar-refractivity contribution < 1.29 is 24.9 Å². The van der Waals surface area contributed by atoms with Crippen LogP contribution in [0.1, 0.15) is 22.3 Å². The van der Waals surface area contributed by atoms with E-state index in [1.165, 1.54) is 12.3 Å². The number of aliphatic hydroxyl groups is 1. The van der Waals surface area contributed by atoms with Crippen LogP contribution in [0.25, 0.3) is 0 Å². The molecule has 0 aliphatic carbocycles. The van der Waals surface area contributed by atoms with Crippen LogP contribution in [0.4, 0.5) is 5.82 Å². The molecule has 3 rings (SSSR count). The van der Waals surface area contributed by atoms with Crippen LogP contribution in [-0.2, 0) is 11.2 Å². The number of rotatable bonds is 5. The first kappa shape index (κ1) is 17.9. The quantitative estimate of drug-likeness (QED) is 0.747. The summed E-state index contributed by atoms with van der Waals surface area (Å²) < 4.78 is 0. The van der Waals surface area contributed by atoms with Gasteiger partial charge in [-0.2, -0.15) is 0 Å². The van der Waals surface area contributed by atoms with Gasteiger partial charge in [0.25, 0.3) is 0 Å². The van der Waals surface area contributed by atoms with Crippen molar-refractivity contribution in [1.82, 2.24) is 4.98 Å². The van der Waals surface area contributed by atoms with Gasteiger partial charge in [0.1, 0.15) is 11.2 Å². The SMILES string of the molecule is O=C(O)c1ccc(N2CC[C@@H](O)[C@](Cc3ccccc3)(C(=O)O)C2)nc1. The fourth-order valence-electron chi connectivity index (χ4n) is 3.39. The highest BCUT2D eigenvalue weighted by atomic mass is 16.4. The highest BCUT2D eigenvalue weighted by molar-refractivity contribution is 5.87. The Balaban J connectivity index is 1.89. The Morgan fingerprint density at radius 1 is 1.15 bits per heavy atom. The lowest BCUT2D eigenvalue weighted by atomic mass is 9.73. The summed E-state index contributed by atoms with van der Waals surface area (Å²) in [5.41, 5.74) is -0.447. The number of nitrogens with zero attached hydrogens (tertiary/aromatic N) is 2. The summed E-state index contributed by atoms with van der Waals surface area (Å²) in [5.74, 6) is -1.62. The van der Waals surface area contributed by atoms with Gasteiger partial charge in [-0.05, 0) is 30.5 Å². The molecule has 26 heavy (non-hydrogen) atoms. The largest absolute Gasteiger partial charge is 0.481 e. The number of aromatic carboxylic acids is 1. The van der Waals surface area contributed by atoms with E-state index in [2.05, 4.69) is 4.98 Å². The molecule has 1 aliphatic rings. The average Bonchev–Trinajstić information content (AvgIpc) is 2.64. The molecule has 1 saturated heterocycles. The Kier molecular flexibility index (Phi) is 4.90. The van der Waals surface area contributed by atoms with Crippen LogP contribution in [0, 0.1) is 5.41 Å². The number of hydrogen-bond acceptors (Lipinski definition) is 5. The zero-order valence-corrected chi connectivity index (χ0v) is 14.1. The summed E-state index contributed by atoms with van der Waals surface area (Å²) >= 11 is 0. The lowest BCUT2D eigenvalue weighted by Crippen LogP contribution is -2.57. The van der Waals surface area contributed by atoms with Crippen molar-refractivity contribution in [1.29, 1.82) is 0 Å². The average molecular weight is 356 g/mol. The highest BCUT2D eigenvalue weighted by Crippen LogP contribution is 2.36. The normalized spacial score (nSPS) is 22.8. The van der Waals surface area contributed by atoms with Crippen molar-refractivity contribution >= 4 is 17.8 Å². The molecule has 2 atom stereocenters. The van der Waals surface area contributed by atoms with E-state index in [0.29, 0.717) is 18.8 Å². The van der Waals surface area contributed by atoms with E-state index in [0.717, 1.165) is 5.56 Å². The maximum atomic E-state index is 12.1. The number of aliphatic hydroxyl groups excluding tert-OH is 1. The van der Waals surface area contributed by atoms with Crippen LogP contribution >= 0.6 is 0 Å². The molecule has 1 aliphatic heterocycles. The molecule has 7 heteroatoms. The van der Waals surface area contributed by atoms with Crippen LogP contribution in [-0.4, -0.2) is 51.4 Å². The summed E-state index contributed by atoms with van der Waals surface area (Å²) in [6.45, 7) is 0.544. The van der Waals surface area contributed by atoms with Crippen LogP contribution in [0.2, 0.25) is 0 Å². The van der Waals surface area contributed by atoms with Crippen LogP contribution in [0.5, 0.6) is 0 Å². The van der Waals surface area contributed by atoms with Gasteiger partial charge in [0, 0.05) is 19.3 Å². The molecule has 1 fully saturated rings. The van der Waals surface area contributed by atoms with E-state index in [9.17, 15) is 19.8 Å². The third kappa shape index (κ3) is 3.39. The smallest absolute Gasteiger partial charge is 0.337 e. The minimum Gasteiger partial charge on any atom is -0.481 e. The number of pyridine rings is 1. The molecule has 0 radical (unpaired) electrons. The minimum absolute atomic E-state index is 0.0691. The zero-order valence-electron chi connectivity index (χ0n) is 14.1. The maximum Gasteiger partial charge on any atom is 0.337 e. The van der Waals surface area contributed by atoms with E-state index in [1.807, 2.05) is 30.3 Å². The highest BCUT2D eigenvalue weighted by Gasteiger charge is 2.49. The molecule has 136 valence electrons. The summed E-state index contributed by atoms with van der Waals surface area (Å²) in [5, 5.41) is 29.4. The molecule has 1 aromatic heterocycles. The number of carboxylic acids is 2. The first-order chi connectivity index (χ1) is 12.4. The topological polar surface area (TPSA) is 111 Å². The number of aromatic nitrogens is 1. The minimum atomic E-state index is -1.35. The van der Waals surface area contributed by atoms with Crippen molar-refractivity contribution in [2.24, 2.45) is 5.41 Å². The van der Waals surface area contributed by atoms with Crippen molar-refractivity contribution in [3.05, 3.63) is 59.8 Å². The summed E-state index contributed by atoms with van der Waals surface area (Å²) in [4.78, 5) is 29.0. The Morgan fingerprint density at radius 2 is 1.88 bits per heavy atom. The molecule has 0 saturated carbocycles. The molecular formula is C19H20N2O5. The second kappa shape index (κ2) is 7.13. The van der Waals surface area contributed by atoms with E-state index in [1.54, 1.807) is 11.0 Å². The predicted octanol–water partition coefficient (Wildman–Crippen LogP) is 1.66. The Bertz CT molecular complexity index is 793. The Morgan fingerprint density at radius 3 is 2.46 bits per heavy atom. The molecule has 2 aromatic rings. The number of anilines is 1. The summed E-state index contributed by atoms with van der Waals surface area (Å²) in [6, 6.07) is 12.2. The predicted molar refractivity (Wildman–Crippen MR) is 94.2 cm³/mol. The van der Waals surface area contributed by atoms with Crippen LogP contribution in [0.3, 0.4) is 0 Å². The molecule has 1 aromatic carbocycles. The molecule has 0 bridgehead atoms. The van der Waals surface area contributed by atoms with Crippen molar-refractivity contribution in [2.75, 3.05) is 18.0 Å². The molecule has 0 amide bonds. The van der Waals surface area contributed by atoms with Gasteiger partial charge in [0.2, 0.25) is 0 Å². The Labute approximate surface area is 150 Å². The number of carboxylic acid groups (broad SMARTS) is 2. The lowest BCUT2D eigenvalue weighted by molar-refractivity contribution is -0.157. The first-order valence-corrected chi connectivity index (χ1v) is 8.32. The fourth-order valence-corrected chi connectivity index (χ4v) is 3.39. The number of piperidine rings is 1. The van der Waals surface area contributed by atoms with Crippen molar-refractivity contribution in [3.8, 4) is 0 Å². The van der Waals surface area contributed by atoms with Gasteiger partial charge in [0.15, 0.2) is 0 Å². The van der Waals surface area contributed by atoms with Gasteiger partial charge in [-0.3, -0.25) is 4.79 Å². The van der Waals surface area contributed by atoms with Gasteiger partial charge < -0.3 is 20.2 Å². The van der Waals surface area contributed by atoms with Gasteiger partial charge in [-0.25, -0.2) is 9.78 Å². The fraction of sp³-hybridized carbons (Fsp3) is 0.316. The molecule has 0 unspecified atom stereocenters. The number of carbonyl (C=O) groups is 2. The third-order valence-corrected chi connectivity index (χ3v) is 4.89. The first-order valence-electron chi connectivity index (χ1n) is 8.32.